The Kier molecular flexibility index (Phi) is 8.77. The van der Waals surface area contributed by atoms with Gasteiger partial charge in [0, 0.05) is 6.61 Å². The van der Waals surface area contributed by atoms with Gasteiger partial charge < -0.3 is 9.47 Å². The van der Waals surface area contributed by atoms with E-state index in [4.69, 9.17) is 13.7 Å². The number of hydrogen-bond donors (Lipinski definition) is 0. The van der Waals surface area contributed by atoms with Crippen LogP contribution in [-0.2, 0) is 37.0 Å². The van der Waals surface area contributed by atoms with E-state index in [9.17, 15) is 8.42 Å². The summed E-state index contributed by atoms with van der Waals surface area (Å²) in [5.41, 5.74) is 2.20. The highest BCUT2D eigenvalue weighted by atomic mass is 32.2. The van der Waals surface area contributed by atoms with Crippen LogP contribution in [-0.4, -0.2) is 34.0 Å². The molecule has 0 saturated carbocycles. The maximum absolute atomic E-state index is 11.1. The third kappa shape index (κ3) is 9.10. The van der Waals surface area contributed by atoms with Crippen LogP contribution in [0.15, 0.2) is 60.7 Å². The number of ether oxygens (including phenoxy) is 2. The average molecular weight is 378 g/mol. The smallest absolute Gasteiger partial charge is 0.264 e. The molecule has 0 aliphatic heterocycles. The van der Waals surface area contributed by atoms with Crippen molar-refractivity contribution in [2.45, 2.75) is 32.2 Å². The van der Waals surface area contributed by atoms with Crippen molar-refractivity contribution in [3.05, 3.63) is 71.8 Å². The second-order valence-corrected chi connectivity index (χ2v) is 7.70. The monoisotopic (exact) mass is 378 g/mol. The van der Waals surface area contributed by atoms with E-state index < -0.39 is 10.1 Å². The zero-order valence-corrected chi connectivity index (χ0v) is 15.9. The highest BCUT2D eigenvalue weighted by Gasteiger charge is 2.12. The van der Waals surface area contributed by atoms with Gasteiger partial charge in [0.15, 0.2) is 0 Å². The van der Waals surface area contributed by atoms with Gasteiger partial charge in [0.05, 0.1) is 32.2 Å². The first-order valence-corrected chi connectivity index (χ1v) is 10.5. The summed E-state index contributed by atoms with van der Waals surface area (Å²) >= 11 is 0. The summed E-state index contributed by atoms with van der Waals surface area (Å²) in [5.74, 6) is 0. The molecule has 0 aliphatic carbocycles. The summed E-state index contributed by atoms with van der Waals surface area (Å²) in [6.45, 7) is 1.67. The maximum Gasteiger partial charge on any atom is 0.264 e. The van der Waals surface area contributed by atoms with Crippen molar-refractivity contribution in [2.75, 3.05) is 19.5 Å². The van der Waals surface area contributed by atoms with Crippen molar-refractivity contribution in [2.24, 2.45) is 0 Å². The molecule has 142 valence electrons. The normalized spacial score (nSPS) is 12.8. The minimum atomic E-state index is -3.43. The Bertz CT molecular complexity index is 716. The molecule has 0 saturated heterocycles. The molecule has 5 nitrogen and oxygen atoms in total. The van der Waals surface area contributed by atoms with Gasteiger partial charge in [-0.2, -0.15) is 8.42 Å². The molecule has 0 unspecified atom stereocenters. The first-order chi connectivity index (χ1) is 12.5. The number of hydrogen-bond acceptors (Lipinski definition) is 5. The van der Waals surface area contributed by atoms with Gasteiger partial charge in [-0.3, -0.25) is 4.18 Å². The van der Waals surface area contributed by atoms with E-state index in [1.165, 1.54) is 0 Å². The van der Waals surface area contributed by atoms with E-state index >= 15 is 0 Å². The summed E-state index contributed by atoms with van der Waals surface area (Å²) in [6.07, 6.45) is 2.09. The van der Waals surface area contributed by atoms with Crippen LogP contribution < -0.4 is 0 Å². The van der Waals surface area contributed by atoms with Gasteiger partial charge in [-0.25, -0.2) is 0 Å². The van der Waals surface area contributed by atoms with E-state index in [-0.39, 0.29) is 12.7 Å². The van der Waals surface area contributed by atoms with Gasteiger partial charge in [-0.1, -0.05) is 60.7 Å². The summed E-state index contributed by atoms with van der Waals surface area (Å²) < 4.78 is 38.7. The lowest BCUT2D eigenvalue weighted by atomic mass is 10.2. The van der Waals surface area contributed by atoms with Crippen molar-refractivity contribution in [3.8, 4) is 0 Å². The second kappa shape index (κ2) is 11.1. The molecular weight excluding hydrogens is 352 g/mol. The lowest BCUT2D eigenvalue weighted by Crippen LogP contribution is -2.19. The molecule has 2 aromatic rings. The van der Waals surface area contributed by atoms with E-state index in [1.807, 2.05) is 60.7 Å². The first kappa shape index (κ1) is 20.6. The van der Waals surface area contributed by atoms with E-state index in [2.05, 4.69) is 0 Å². The third-order valence-corrected chi connectivity index (χ3v) is 4.36. The van der Waals surface area contributed by atoms with Gasteiger partial charge >= 0.3 is 0 Å². The van der Waals surface area contributed by atoms with Crippen LogP contribution in [0, 0.1) is 0 Å². The second-order valence-electron chi connectivity index (χ2n) is 6.06. The van der Waals surface area contributed by atoms with Crippen LogP contribution in [0.1, 0.15) is 24.0 Å². The van der Waals surface area contributed by atoms with Crippen LogP contribution >= 0.6 is 0 Å². The minimum Gasteiger partial charge on any atom is -0.377 e. The SMILES string of the molecule is CS(=O)(=O)OCC[C@H](CCOCc1ccccc1)OCc1ccccc1. The molecule has 0 N–H and O–H groups in total. The van der Waals surface area contributed by atoms with Gasteiger partial charge in [0.2, 0.25) is 0 Å². The maximum atomic E-state index is 11.1. The largest absolute Gasteiger partial charge is 0.377 e. The number of rotatable bonds is 12. The van der Waals surface area contributed by atoms with Gasteiger partial charge in [0.25, 0.3) is 10.1 Å². The predicted octanol–water partition coefficient (Wildman–Crippen LogP) is 3.55. The molecule has 26 heavy (non-hydrogen) atoms. The van der Waals surface area contributed by atoms with Crippen molar-refractivity contribution in [3.63, 3.8) is 0 Å². The van der Waals surface area contributed by atoms with Crippen molar-refractivity contribution in [1.82, 2.24) is 0 Å². The molecule has 1 atom stereocenters. The quantitative estimate of drug-likeness (QED) is 0.418. The van der Waals surface area contributed by atoms with Crippen LogP contribution in [0.3, 0.4) is 0 Å². The molecule has 2 rings (SSSR count). The van der Waals surface area contributed by atoms with Crippen molar-refractivity contribution >= 4 is 10.1 Å². The summed E-state index contributed by atoms with van der Waals surface area (Å²) in [7, 11) is -3.43. The minimum absolute atomic E-state index is 0.108. The fraction of sp³-hybridized carbons (Fsp3) is 0.400. The Morgan fingerprint density at radius 1 is 0.808 bits per heavy atom. The predicted molar refractivity (Wildman–Crippen MR) is 101 cm³/mol. The standard InChI is InChI=1S/C20H26O5S/c1-26(21,22)25-15-13-20(24-17-19-10-6-3-7-11-19)12-14-23-16-18-8-4-2-5-9-18/h2-11,20H,12-17H2,1H3/t20-/m0/s1. The fourth-order valence-corrected chi connectivity index (χ4v) is 2.81. The molecule has 0 radical (unpaired) electrons. The summed E-state index contributed by atoms with van der Waals surface area (Å²) in [4.78, 5) is 0. The molecular formula is C20H26O5S. The Morgan fingerprint density at radius 2 is 1.35 bits per heavy atom. The van der Waals surface area contributed by atoms with Gasteiger partial charge in [-0.05, 0) is 24.0 Å². The van der Waals surface area contributed by atoms with Gasteiger partial charge in [0.1, 0.15) is 0 Å². The van der Waals surface area contributed by atoms with E-state index in [1.54, 1.807) is 0 Å². The molecule has 0 spiro atoms. The molecule has 0 heterocycles. The first-order valence-electron chi connectivity index (χ1n) is 8.64. The Labute approximate surface area is 156 Å². The summed E-state index contributed by atoms with van der Waals surface area (Å²) in [5, 5.41) is 0. The van der Waals surface area contributed by atoms with Crippen molar-refractivity contribution in [1.29, 1.82) is 0 Å². The molecule has 0 fully saturated rings. The highest BCUT2D eigenvalue weighted by molar-refractivity contribution is 7.85. The average Bonchev–Trinajstić information content (AvgIpc) is 2.63. The lowest BCUT2D eigenvalue weighted by molar-refractivity contribution is -0.00126. The van der Waals surface area contributed by atoms with Crippen LogP contribution in [0.2, 0.25) is 0 Å². The highest BCUT2D eigenvalue weighted by Crippen LogP contribution is 2.11. The zero-order chi connectivity index (χ0) is 18.7. The topological polar surface area (TPSA) is 61.8 Å². The Hall–Kier alpha value is -1.73. The molecule has 6 heteroatoms. The molecule has 2 aromatic carbocycles. The Balaban J connectivity index is 1.77. The Morgan fingerprint density at radius 3 is 1.92 bits per heavy atom. The molecule has 0 bridgehead atoms. The van der Waals surface area contributed by atoms with Crippen LogP contribution in [0.5, 0.6) is 0 Å². The van der Waals surface area contributed by atoms with E-state index in [0.717, 1.165) is 17.4 Å². The van der Waals surface area contributed by atoms with E-state index in [0.29, 0.717) is 32.7 Å². The van der Waals surface area contributed by atoms with Gasteiger partial charge in [-0.15, -0.1) is 0 Å². The van der Waals surface area contributed by atoms with Crippen LogP contribution in [0.4, 0.5) is 0 Å². The molecule has 0 aromatic heterocycles. The molecule has 0 amide bonds. The number of benzene rings is 2. The zero-order valence-electron chi connectivity index (χ0n) is 15.0. The third-order valence-electron chi connectivity index (χ3n) is 3.76. The molecule has 0 aliphatic rings. The fourth-order valence-electron chi connectivity index (χ4n) is 2.41. The lowest BCUT2D eigenvalue weighted by Gasteiger charge is -2.18. The van der Waals surface area contributed by atoms with Crippen molar-refractivity contribution < 1.29 is 22.1 Å². The van der Waals surface area contributed by atoms with Crippen LogP contribution in [0.25, 0.3) is 0 Å². The summed E-state index contributed by atoms with van der Waals surface area (Å²) in [6, 6.07) is 19.8.